The first-order chi connectivity index (χ1) is 15.0. The molecule has 3 fully saturated rings. The van der Waals surface area contributed by atoms with Gasteiger partial charge in [-0.3, -0.25) is 14.4 Å². The topological polar surface area (TPSA) is 102 Å². The van der Waals surface area contributed by atoms with Crippen LogP contribution in [-0.4, -0.2) is 52.9 Å². The highest BCUT2D eigenvalue weighted by Gasteiger charge is 2.74. The third-order valence-corrected chi connectivity index (χ3v) is 9.17. The van der Waals surface area contributed by atoms with E-state index in [4.69, 9.17) is 14.5 Å². The maximum Gasteiger partial charge on any atom is 0.303 e. The van der Waals surface area contributed by atoms with Crippen molar-refractivity contribution in [3.8, 4) is 0 Å². The van der Waals surface area contributed by atoms with Crippen LogP contribution < -0.4 is 0 Å². The van der Waals surface area contributed by atoms with Crippen LogP contribution in [0, 0.1) is 28.6 Å². The highest BCUT2D eigenvalue weighted by atomic mass is 16.5. The highest BCUT2D eigenvalue weighted by Crippen LogP contribution is 2.69. The minimum absolute atomic E-state index is 0.00898. The monoisotopic (exact) mass is 441 g/mol. The number of Topliss-reactive ketones (excluding diaryl/α,β-unsaturated/α-hetero) is 1. The van der Waals surface area contributed by atoms with Crippen molar-refractivity contribution in [1.29, 1.82) is 0 Å². The SMILES string of the molecule is CC(=O)OCC(=O)[C@]12N=C(C)O[C@@H]1C[C@H]1[C@@H]3CCC4=CC(=O)C=C[C@@]4(C)[C@H]3[C@@H](O)C[C@]12C. The molecule has 0 spiro atoms. The molecule has 1 heterocycles. The fraction of sp³-hybridized carbons (Fsp3) is 0.680. The second kappa shape index (κ2) is 6.86. The standard InChI is InChI=1S/C25H31NO6/c1-13-26-25(20(30)12-31-14(2)27)21(32-13)10-18-17-6-5-15-9-16(28)7-8-23(15,3)22(17)19(29)11-24(18,25)4/h7-9,17-19,21-22,29H,5-6,10-12H2,1-4H3/t17-,18-,19-,21+,22+,23+,24+,25-/m0/s1. The Morgan fingerprint density at radius 2 is 2.09 bits per heavy atom. The molecule has 4 aliphatic carbocycles. The van der Waals surface area contributed by atoms with Crippen LogP contribution in [0.25, 0.3) is 0 Å². The average molecular weight is 442 g/mol. The number of fused-ring (bicyclic) bond motifs is 7. The summed E-state index contributed by atoms with van der Waals surface area (Å²) < 4.78 is 11.2. The van der Waals surface area contributed by atoms with Crippen LogP contribution in [0.5, 0.6) is 0 Å². The molecule has 0 bridgehead atoms. The number of aliphatic hydroxyl groups is 1. The summed E-state index contributed by atoms with van der Waals surface area (Å²) in [4.78, 5) is 41.7. The van der Waals surface area contributed by atoms with Gasteiger partial charge < -0.3 is 14.6 Å². The number of allylic oxidation sites excluding steroid dienone is 4. The van der Waals surface area contributed by atoms with Crippen LogP contribution in [-0.2, 0) is 23.9 Å². The molecule has 5 aliphatic rings. The van der Waals surface area contributed by atoms with Gasteiger partial charge in [0.25, 0.3) is 0 Å². The summed E-state index contributed by atoms with van der Waals surface area (Å²) in [6.07, 6.45) is 7.01. The van der Waals surface area contributed by atoms with Gasteiger partial charge in [-0.1, -0.05) is 25.5 Å². The van der Waals surface area contributed by atoms with Crippen molar-refractivity contribution in [2.24, 2.45) is 33.6 Å². The largest absolute Gasteiger partial charge is 0.475 e. The Labute approximate surface area is 187 Å². The first kappa shape index (κ1) is 21.6. The average Bonchev–Trinajstić information content (AvgIpc) is 3.17. The molecule has 3 saturated carbocycles. The Morgan fingerprint density at radius 3 is 2.81 bits per heavy atom. The van der Waals surface area contributed by atoms with Crippen LogP contribution >= 0.6 is 0 Å². The summed E-state index contributed by atoms with van der Waals surface area (Å²) in [7, 11) is 0. The number of aliphatic hydroxyl groups excluding tert-OH is 1. The molecule has 0 radical (unpaired) electrons. The number of ether oxygens (including phenoxy) is 2. The summed E-state index contributed by atoms with van der Waals surface area (Å²) in [5.41, 5.74) is -1.04. The molecule has 0 aromatic heterocycles. The van der Waals surface area contributed by atoms with E-state index in [0.29, 0.717) is 18.7 Å². The van der Waals surface area contributed by atoms with E-state index in [1.165, 1.54) is 6.92 Å². The Kier molecular flexibility index (Phi) is 4.62. The molecule has 7 nitrogen and oxygen atoms in total. The van der Waals surface area contributed by atoms with E-state index in [2.05, 4.69) is 13.8 Å². The molecule has 1 N–H and O–H groups in total. The van der Waals surface area contributed by atoms with E-state index in [1.54, 1.807) is 19.1 Å². The van der Waals surface area contributed by atoms with Gasteiger partial charge in [0.2, 0.25) is 5.78 Å². The first-order valence-electron chi connectivity index (χ1n) is 11.5. The molecule has 1 aliphatic heterocycles. The van der Waals surface area contributed by atoms with Gasteiger partial charge in [-0.05, 0) is 49.7 Å². The molecular weight excluding hydrogens is 410 g/mol. The number of ketones is 2. The van der Waals surface area contributed by atoms with Crippen molar-refractivity contribution in [2.45, 2.75) is 71.1 Å². The van der Waals surface area contributed by atoms with E-state index in [0.717, 1.165) is 18.4 Å². The number of hydrogen-bond donors (Lipinski definition) is 1. The number of carbonyl (C=O) groups is 3. The molecule has 5 rings (SSSR count). The Bertz CT molecular complexity index is 996. The Morgan fingerprint density at radius 1 is 1.34 bits per heavy atom. The van der Waals surface area contributed by atoms with E-state index >= 15 is 0 Å². The maximum atomic E-state index is 13.5. The van der Waals surface area contributed by atoms with Gasteiger partial charge in [-0.2, -0.15) is 0 Å². The summed E-state index contributed by atoms with van der Waals surface area (Å²) >= 11 is 0. The van der Waals surface area contributed by atoms with Crippen molar-refractivity contribution in [1.82, 2.24) is 0 Å². The van der Waals surface area contributed by atoms with Gasteiger partial charge >= 0.3 is 5.97 Å². The van der Waals surface area contributed by atoms with Gasteiger partial charge in [0.05, 0.1) is 6.10 Å². The summed E-state index contributed by atoms with van der Waals surface area (Å²) in [6, 6.07) is 0. The van der Waals surface area contributed by atoms with Gasteiger partial charge in [0.15, 0.2) is 23.8 Å². The van der Waals surface area contributed by atoms with E-state index < -0.39 is 29.1 Å². The van der Waals surface area contributed by atoms with E-state index in [1.807, 2.05) is 6.08 Å². The molecule has 0 aromatic carbocycles. The molecule has 0 unspecified atom stereocenters. The minimum atomic E-state index is -1.15. The zero-order chi connectivity index (χ0) is 23.1. The quantitative estimate of drug-likeness (QED) is 0.676. The zero-order valence-corrected chi connectivity index (χ0v) is 19.1. The van der Waals surface area contributed by atoms with Crippen LogP contribution in [0.3, 0.4) is 0 Å². The zero-order valence-electron chi connectivity index (χ0n) is 19.1. The third-order valence-electron chi connectivity index (χ3n) is 9.17. The summed E-state index contributed by atoms with van der Waals surface area (Å²) in [5.74, 6) is -0.0140. The lowest BCUT2D eigenvalue weighted by Crippen LogP contribution is -2.62. The fourth-order valence-corrected chi connectivity index (χ4v) is 7.97. The Balaban J connectivity index is 1.56. The predicted octanol–water partition coefficient (Wildman–Crippen LogP) is 2.56. The molecule has 0 saturated heterocycles. The predicted molar refractivity (Wildman–Crippen MR) is 116 cm³/mol. The van der Waals surface area contributed by atoms with Crippen LogP contribution in [0.4, 0.5) is 0 Å². The lowest BCUT2D eigenvalue weighted by Gasteiger charge is -2.59. The second-order valence-electron chi connectivity index (χ2n) is 10.7. The van der Waals surface area contributed by atoms with Crippen LogP contribution in [0.15, 0.2) is 28.8 Å². The summed E-state index contributed by atoms with van der Waals surface area (Å²) in [6.45, 7) is 6.88. The minimum Gasteiger partial charge on any atom is -0.475 e. The lowest BCUT2D eigenvalue weighted by atomic mass is 9.46. The third kappa shape index (κ3) is 2.63. The van der Waals surface area contributed by atoms with Crippen molar-refractivity contribution in [3.05, 3.63) is 23.8 Å². The highest BCUT2D eigenvalue weighted by molar-refractivity contribution is 6.01. The molecule has 0 amide bonds. The lowest BCUT2D eigenvalue weighted by molar-refractivity contribution is -0.155. The van der Waals surface area contributed by atoms with E-state index in [-0.39, 0.29) is 41.3 Å². The van der Waals surface area contributed by atoms with Crippen LogP contribution in [0.1, 0.15) is 53.4 Å². The normalized spacial score (nSPS) is 46.2. The number of rotatable bonds is 3. The first-order valence-corrected chi connectivity index (χ1v) is 11.5. The van der Waals surface area contributed by atoms with Gasteiger partial charge in [0, 0.05) is 30.6 Å². The number of carbonyl (C=O) groups excluding carboxylic acids is 3. The molecule has 7 heteroatoms. The summed E-state index contributed by atoms with van der Waals surface area (Å²) in [5, 5.41) is 11.6. The smallest absolute Gasteiger partial charge is 0.303 e. The van der Waals surface area contributed by atoms with Crippen molar-refractivity contribution in [2.75, 3.05) is 6.61 Å². The van der Waals surface area contributed by atoms with Crippen molar-refractivity contribution < 1.29 is 29.0 Å². The number of esters is 1. The number of hydrogen-bond acceptors (Lipinski definition) is 7. The van der Waals surface area contributed by atoms with Crippen molar-refractivity contribution >= 4 is 23.4 Å². The van der Waals surface area contributed by atoms with Gasteiger partial charge in [-0.25, -0.2) is 4.99 Å². The van der Waals surface area contributed by atoms with Crippen LogP contribution in [0.2, 0.25) is 0 Å². The van der Waals surface area contributed by atoms with Crippen molar-refractivity contribution in [3.63, 3.8) is 0 Å². The maximum absolute atomic E-state index is 13.5. The number of nitrogens with zero attached hydrogens (tertiary/aromatic N) is 1. The van der Waals surface area contributed by atoms with E-state index in [9.17, 15) is 19.5 Å². The molecule has 172 valence electrons. The van der Waals surface area contributed by atoms with Gasteiger partial charge in [0.1, 0.15) is 6.10 Å². The number of aliphatic imine (C=N–C) groups is 1. The molecule has 0 aromatic rings. The second-order valence-corrected chi connectivity index (χ2v) is 10.7. The van der Waals surface area contributed by atoms with Gasteiger partial charge in [-0.15, -0.1) is 0 Å². The fourth-order valence-electron chi connectivity index (χ4n) is 7.97. The molecule has 32 heavy (non-hydrogen) atoms. The molecular formula is C25H31NO6. The Hall–Kier alpha value is -2.28. The molecule has 8 atom stereocenters.